The summed E-state index contributed by atoms with van der Waals surface area (Å²) in [7, 11) is 1.49. The molecule has 1 heterocycles. The van der Waals surface area contributed by atoms with E-state index in [4.69, 9.17) is 4.74 Å². The van der Waals surface area contributed by atoms with Gasteiger partial charge < -0.3 is 4.74 Å². The van der Waals surface area contributed by atoms with Crippen LogP contribution in [0.5, 0.6) is 5.88 Å². The van der Waals surface area contributed by atoms with E-state index in [0.29, 0.717) is 23.3 Å². The van der Waals surface area contributed by atoms with E-state index in [2.05, 4.69) is 4.98 Å². The van der Waals surface area contributed by atoms with Gasteiger partial charge in [0, 0.05) is 17.8 Å². The molecule has 0 saturated heterocycles. The lowest BCUT2D eigenvalue weighted by Crippen LogP contribution is -1.93. The number of benzene rings is 1. The Hall–Kier alpha value is -2.23. The van der Waals surface area contributed by atoms with Gasteiger partial charge in [0.15, 0.2) is 6.29 Å². The predicted octanol–water partition coefficient (Wildman–Crippen LogP) is 2.71. The third kappa shape index (κ3) is 2.15. The lowest BCUT2D eigenvalue weighted by molar-refractivity contribution is 0.112. The minimum Gasteiger partial charge on any atom is -0.481 e. The summed E-state index contributed by atoms with van der Waals surface area (Å²) >= 11 is 0. The maximum atomic E-state index is 13.9. The molecule has 0 unspecified atom stereocenters. The predicted molar refractivity (Wildman–Crippen MR) is 61.6 cm³/mol. The Morgan fingerprint density at radius 3 is 2.88 bits per heavy atom. The molecular formula is C13H10FNO2. The van der Waals surface area contributed by atoms with Crippen LogP contribution in [0.4, 0.5) is 4.39 Å². The van der Waals surface area contributed by atoms with Crippen molar-refractivity contribution >= 4 is 6.29 Å². The molecule has 86 valence electrons. The van der Waals surface area contributed by atoms with Crippen molar-refractivity contribution in [3.05, 3.63) is 47.9 Å². The average Bonchev–Trinajstić information content (AvgIpc) is 2.39. The van der Waals surface area contributed by atoms with Gasteiger partial charge in [-0.1, -0.05) is 12.1 Å². The van der Waals surface area contributed by atoms with Gasteiger partial charge in [0.2, 0.25) is 5.88 Å². The number of nitrogens with zero attached hydrogens (tertiary/aromatic N) is 1. The minimum atomic E-state index is -0.532. The summed E-state index contributed by atoms with van der Waals surface area (Å²) < 4.78 is 18.9. The first-order valence-corrected chi connectivity index (χ1v) is 5.00. The second-order valence-corrected chi connectivity index (χ2v) is 3.41. The molecule has 0 amide bonds. The van der Waals surface area contributed by atoms with Crippen molar-refractivity contribution < 1.29 is 13.9 Å². The highest BCUT2D eigenvalue weighted by Crippen LogP contribution is 2.26. The number of carbonyl (C=O) groups is 1. The number of methoxy groups -OCH3 is 1. The normalized spacial score (nSPS) is 10.0. The Kier molecular flexibility index (Phi) is 3.14. The number of hydrogen-bond donors (Lipinski definition) is 0. The molecule has 1 aromatic heterocycles. The Labute approximate surface area is 97.9 Å². The second-order valence-electron chi connectivity index (χ2n) is 3.41. The van der Waals surface area contributed by atoms with Crippen LogP contribution in [-0.2, 0) is 0 Å². The highest BCUT2D eigenvalue weighted by Gasteiger charge is 2.09. The Bertz CT molecular complexity index is 555. The third-order valence-electron chi connectivity index (χ3n) is 2.41. The number of ether oxygens (including phenoxy) is 1. The smallest absolute Gasteiger partial charge is 0.213 e. The van der Waals surface area contributed by atoms with Gasteiger partial charge in [-0.25, -0.2) is 9.37 Å². The van der Waals surface area contributed by atoms with Crippen molar-refractivity contribution in [2.75, 3.05) is 7.11 Å². The molecule has 17 heavy (non-hydrogen) atoms. The molecule has 2 rings (SSSR count). The first kappa shape index (κ1) is 11.3. The van der Waals surface area contributed by atoms with Gasteiger partial charge >= 0.3 is 0 Å². The van der Waals surface area contributed by atoms with Crippen molar-refractivity contribution in [3.63, 3.8) is 0 Å². The molecule has 0 radical (unpaired) electrons. The van der Waals surface area contributed by atoms with Crippen LogP contribution in [0.1, 0.15) is 10.4 Å². The van der Waals surface area contributed by atoms with Crippen LogP contribution in [0.15, 0.2) is 36.5 Å². The standard InChI is InChI=1S/C13H10FNO2/c1-17-12-7-9(5-6-15-12)11-4-2-3-10(8-16)13(11)14/h2-8H,1H3. The minimum absolute atomic E-state index is 0.0401. The van der Waals surface area contributed by atoms with Crippen LogP contribution in [0.25, 0.3) is 11.1 Å². The fourth-order valence-corrected chi connectivity index (χ4v) is 1.55. The summed E-state index contributed by atoms with van der Waals surface area (Å²) in [5.74, 6) is -0.130. The Morgan fingerprint density at radius 1 is 1.35 bits per heavy atom. The number of carbonyl (C=O) groups excluding carboxylic acids is 1. The zero-order chi connectivity index (χ0) is 12.3. The number of halogens is 1. The second kappa shape index (κ2) is 4.74. The lowest BCUT2D eigenvalue weighted by Gasteiger charge is -2.06. The van der Waals surface area contributed by atoms with E-state index >= 15 is 0 Å². The van der Waals surface area contributed by atoms with E-state index in [1.165, 1.54) is 19.4 Å². The van der Waals surface area contributed by atoms with E-state index in [1.807, 2.05) is 0 Å². The molecule has 3 nitrogen and oxygen atoms in total. The van der Waals surface area contributed by atoms with E-state index in [9.17, 15) is 9.18 Å². The number of hydrogen-bond acceptors (Lipinski definition) is 3. The molecular weight excluding hydrogens is 221 g/mol. The molecule has 0 bridgehead atoms. The lowest BCUT2D eigenvalue weighted by atomic mass is 10.0. The summed E-state index contributed by atoms with van der Waals surface area (Å²) in [6.07, 6.45) is 2.03. The van der Waals surface area contributed by atoms with Crippen LogP contribution < -0.4 is 4.74 Å². The zero-order valence-electron chi connectivity index (χ0n) is 9.18. The summed E-state index contributed by atoms with van der Waals surface area (Å²) in [6, 6.07) is 7.96. The highest BCUT2D eigenvalue weighted by atomic mass is 19.1. The van der Waals surface area contributed by atoms with Gasteiger partial charge in [0.1, 0.15) is 5.82 Å². The molecule has 0 aliphatic carbocycles. The van der Waals surface area contributed by atoms with Gasteiger partial charge in [-0.3, -0.25) is 4.79 Å². The van der Waals surface area contributed by atoms with Gasteiger partial charge in [-0.05, 0) is 17.7 Å². The van der Waals surface area contributed by atoms with E-state index < -0.39 is 5.82 Å². The zero-order valence-corrected chi connectivity index (χ0v) is 9.18. The van der Waals surface area contributed by atoms with Gasteiger partial charge in [-0.15, -0.1) is 0 Å². The summed E-state index contributed by atoms with van der Waals surface area (Å²) in [5, 5.41) is 0. The molecule has 0 atom stereocenters. The molecule has 4 heteroatoms. The maximum Gasteiger partial charge on any atom is 0.213 e. The molecule has 0 N–H and O–H groups in total. The van der Waals surface area contributed by atoms with Crippen LogP contribution in [0.3, 0.4) is 0 Å². The number of aldehydes is 1. The Morgan fingerprint density at radius 2 is 2.18 bits per heavy atom. The average molecular weight is 231 g/mol. The van der Waals surface area contributed by atoms with Crippen molar-refractivity contribution in [2.24, 2.45) is 0 Å². The van der Waals surface area contributed by atoms with Crippen LogP contribution >= 0.6 is 0 Å². The molecule has 0 spiro atoms. The van der Waals surface area contributed by atoms with Gasteiger partial charge in [-0.2, -0.15) is 0 Å². The summed E-state index contributed by atoms with van der Waals surface area (Å²) in [5.41, 5.74) is 1.02. The molecule has 1 aromatic carbocycles. The van der Waals surface area contributed by atoms with Crippen molar-refractivity contribution in [2.45, 2.75) is 0 Å². The fourth-order valence-electron chi connectivity index (χ4n) is 1.55. The largest absolute Gasteiger partial charge is 0.481 e. The third-order valence-corrected chi connectivity index (χ3v) is 2.41. The Balaban J connectivity index is 2.56. The number of rotatable bonds is 3. The molecule has 0 aliphatic heterocycles. The van der Waals surface area contributed by atoms with E-state index in [1.54, 1.807) is 24.3 Å². The quantitative estimate of drug-likeness (QED) is 0.762. The first-order valence-electron chi connectivity index (χ1n) is 5.00. The maximum absolute atomic E-state index is 13.9. The molecule has 0 fully saturated rings. The SMILES string of the molecule is COc1cc(-c2cccc(C=O)c2F)ccn1. The summed E-state index contributed by atoms with van der Waals surface area (Å²) in [6.45, 7) is 0. The van der Waals surface area contributed by atoms with E-state index in [0.717, 1.165) is 0 Å². The monoisotopic (exact) mass is 231 g/mol. The number of aromatic nitrogens is 1. The topological polar surface area (TPSA) is 39.2 Å². The van der Waals surface area contributed by atoms with Gasteiger partial charge in [0.05, 0.1) is 12.7 Å². The van der Waals surface area contributed by atoms with Crippen LogP contribution in [0.2, 0.25) is 0 Å². The van der Waals surface area contributed by atoms with Crippen LogP contribution in [-0.4, -0.2) is 18.4 Å². The van der Waals surface area contributed by atoms with Gasteiger partial charge in [0.25, 0.3) is 0 Å². The first-order chi connectivity index (χ1) is 8.26. The van der Waals surface area contributed by atoms with Crippen molar-refractivity contribution in [1.82, 2.24) is 4.98 Å². The summed E-state index contributed by atoms with van der Waals surface area (Å²) in [4.78, 5) is 14.6. The molecule has 0 aliphatic rings. The highest BCUT2D eigenvalue weighted by molar-refractivity contribution is 5.79. The van der Waals surface area contributed by atoms with Crippen LogP contribution in [0, 0.1) is 5.82 Å². The van der Waals surface area contributed by atoms with E-state index in [-0.39, 0.29) is 5.56 Å². The fraction of sp³-hybridized carbons (Fsp3) is 0.0769. The molecule has 2 aromatic rings. The molecule has 0 saturated carbocycles. The van der Waals surface area contributed by atoms with Crippen molar-refractivity contribution in [1.29, 1.82) is 0 Å². The van der Waals surface area contributed by atoms with Crippen molar-refractivity contribution in [3.8, 4) is 17.0 Å². The number of pyridine rings is 1.